The summed E-state index contributed by atoms with van der Waals surface area (Å²) in [4.78, 5) is 21.3. The minimum Gasteiger partial charge on any atom is -0.448 e. The molecule has 3 N–H and O–H groups in total. The number of aromatic nitrogens is 1. The number of rotatable bonds is 6. The van der Waals surface area contributed by atoms with Crippen LogP contribution in [0.25, 0.3) is 11.0 Å². The van der Waals surface area contributed by atoms with Crippen LogP contribution in [-0.4, -0.2) is 29.2 Å². The van der Waals surface area contributed by atoms with Crippen molar-refractivity contribution >= 4 is 28.3 Å². The van der Waals surface area contributed by atoms with Gasteiger partial charge in [0.25, 0.3) is 0 Å². The third kappa shape index (κ3) is 3.51. The summed E-state index contributed by atoms with van der Waals surface area (Å²) < 4.78 is 19.9. The number of furan rings is 1. The normalized spacial score (nSPS) is 10.9. The predicted molar refractivity (Wildman–Crippen MR) is 93.7 cm³/mol. The van der Waals surface area contributed by atoms with Crippen molar-refractivity contribution in [1.82, 2.24) is 10.5 Å². The number of pyridine rings is 1. The first kappa shape index (κ1) is 17.8. The van der Waals surface area contributed by atoms with Gasteiger partial charge in [-0.2, -0.15) is 0 Å². The zero-order valence-corrected chi connectivity index (χ0v) is 14.3. The molecule has 3 rings (SSSR count). The highest BCUT2D eigenvalue weighted by molar-refractivity contribution is 6.07. The maximum Gasteiger partial charge on any atom is 0.312 e. The summed E-state index contributed by atoms with van der Waals surface area (Å²) >= 11 is 0. The molecule has 8 heteroatoms. The number of hydrogen-bond acceptors (Lipinski definition) is 6. The molecule has 0 unspecified atom stereocenters. The van der Waals surface area contributed by atoms with Crippen LogP contribution >= 0.6 is 0 Å². The molecule has 0 bridgehead atoms. The molecule has 0 spiro atoms. The average molecular weight is 359 g/mol. The summed E-state index contributed by atoms with van der Waals surface area (Å²) in [6, 6.07) is 4.72. The molecule has 7 nitrogen and oxygen atoms in total. The maximum absolute atomic E-state index is 14.2. The van der Waals surface area contributed by atoms with E-state index >= 15 is 0 Å². The van der Waals surface area contributed by atoms with Crippen molar-refractivity contribution in [2.75, 3.05) is 18.5 Å². The fraction of sp³-hybridized carbons (Fsp3) is 0.222. The van der Waals surface area contributed by atoms with Crippen LogP contribution in [0, 0.1) is 19.7 Å². The summed E-state index contributed by atoms with van der Waals surface area (Å²) in [5.41, 5.74) is 4.63. The Hall–Kier alpha value is -2.97. The Labute approximate surface area is 148 Å². The molecule has 0 aliphatic heterocycles. The number of carbonyl (C=O) groups excluding carboxylic acids is 1. The third-order valence-electron chi connectivity index (χ3n) is 3.72. The zero-order chi connectivity index (χ0) is 18.7. The molecule has 2 heterocycles. The van der Waals surface area contributed by atoms with Crippen LogP contribution in [-0.2, 0) is 4.84 Å². The van der Waals surface area contributed by atoms with Gasteiger partial charge in [0.15, 0.2) is 0 Å². The molecule has 3 aromatic rings. The van der Waals surface area contributed by atoms with Crippen molar-refractivity contribution in [3.8, 4) is 0 Å². The average Bonchev–Trinajstić information content (AvgIpc) is 2.98. The highest BCUT2D eigenvalue weighted by Crippen LogP contribution is 2.35. The van der Waals surface area contributed by atoms with E-state index in [-0.39, 0.29) is 30.3 Å². The number of nitrogens with zero attached hydrogens (tertiary/aromatic N) is 1. The zero-order valence-electron chi connectivity index (χ0n) is 14.3. The molecule has 0 radical (unpaired) electrons. The maximum atomic E-state index is 14.2. The number of carbonyl (C=O) groups is 1. The molecule has 0 atom stereocenters. The van der Waals surface area contributed by atoms with Gasteiger partial charge in [-0.3, -0.25) is 14.6 Å². The van der Waals surface area contributed by atoms with E-state index in [0.717, 1.165) is 11.1 Å². The Bertz CT molecular complexity index is 955. The number of nitrogens with one attached hydrogen (secondary N) is 2. The van der Waals surface area contributed by atoms with E-state index in [2.05, 4.69) is 15.8 Å². The minimum atomic E-state index is -0.663. The van der Waals surface area contributed by atoms with Gasteiger partial charge in [0.1, 0.15) is 17.1 Å². The van der Waals surface area contributed by atoms with Gasteiger partial charge in [-0.1, -0.05) is 6.07 Å². The van der Waals surface area contributed by atoms with Crippen molar-refractivity contribution in [2.24, 2.45) is 0 Å². The van der Waals surface area contributed by atoms with Gasteiger partial charge in [0, 0.05) is 18.0 Å². The van der Waals surface area contributed by atoms with Crippen molar-refractivity contribution in [3.05, 3.63) is 53.3 Å². The molecule has 0 fully saturated rings. The fourth-order valence-corrected chi connectivity index (χ4v) is 2.49. The van der Waals surface area contributed by atoms with Crippen LogP contribution in [0.2, 0.25) is 0 Å². The smallest absolute Gasteiger partial charge is 0.312 e. The standard InChI is InChI=1S/C18H18FN3O4/c1-10-3-4-14(13(19)7-10)21-15-12-9-20-8-11(2)16(12)26-17(15)18(24)22-25-6-5-23/h3-4,7-9,21,23H,5-6H2,1-2H3,(H,22,24). The Morgan fingerprint density at radius 2 is 2.15 bits per heavy atom. The molecule has 1 aromatic carbocycles. The molecular weight excluding hydrogens is 341 g/mol. The number of hydroxylamine groups is 1. The van der Waals surface area contributed by atoms with Crippen molar-refractivity contribution in [2.45, 2.75) is 13.8 Å². The van der Waals surface area contributed by atoms with Gasteiger partial charge in [-0.25, -0.2) is 9.87 Å². The molecule has 26 heavy (non-hydrogen) atoms. The number of aryl methyl sites for hydroxylation is 2. The van der Waals surface area contributed by atoms with Gasteiger partial charge in [0.2, 0.25) is 5.76 Å². The number of aliphatic hydroxyl groups excluding tert-OH is 1. The Morgan fingerprint density at radius 1 is 1.35 bits per heavy atom. The highest BCUT2D eigenvalue weighted by Gasteiger charge is 2.23. The lowest BCUT2D eigenvalue weighted by Gasteiger charge is -2.09. The molecule has 136 valence electrons. The minimum absolute atomic E-state index is 0.0676. The lowest BCUT2D eigenvalue weighted by molar-refractivity contribution is 0.0152. The largest absolute Gasteiger partial charge is 0.448 e. The van der Waals surface area contributed by atoms with Crippen LogP contribution < -0.4 is 10.8 Å². The first-order valence-corrected chi connectivity index (χ1v) is 7.94. The van der Waals surface area contributed by atoms with Crippen molar-refractivity contribution < 1.29 is 23.5 Å². The van der Waals surface area contributed by atoms with Gasteiger partial charge in [0.05, 0.1) is 24.3 Å². The number of hydrogen-bond donors (Lipinski definition) is 3. The first-order chi connectivity index (χ1) is 12.5. The van der Waals surface area contributed by atoms with Gasteiger partial charge in [-0.05, 0) is 31.5 Å². The molecule has 0 aliphatic carbocycles. The molecule has 0 aliphatic rings. The first-order valence-electron chi connectivity index (χ1n) is 7.94. The van der Waals surface area contributed by atoms with Crippen LogP contribution in [0.5, 0.6) is 0 Å². The summed E-state index contributed by atoms with van der Waals surface area (Å²) in [7, 11) is 0. The van der Waals surface area contributed by atoms with Gasteiger partial charge in [-0.15, -0.1) is 0 Å². The van der Waals surface area contributed by atoms with Gasteiger partial charge >= 0.3 is 5.91 Å². The van der Waals surface area contributed by atoms with Gasteiger partial charge < -0.3 is 14.8 Å². The summed E-state index contributed by atoms with van der Waals surface area (Å²) in [5, 5.41) is 12.2. The number of halogens is 1. The third-order valence-corrected chi connectivity index (χ3v) is 3.72. The molecule has 2 aromatic heterocycles. The van der Waals surface area contributed by atoms with E-state index in [9.17, 15) is 9.18 Å². The summed E-state index contributed by atoms with van der Waals surface area (Å²) in [6.45, 7) is 3.26. The fourth-order valence-electron chi connectivity index (χ4n) is 2.49. The van der Waals surface area contributed by atoms with E-state index in [4.69, 9.17) is 14.4 Å². The van der Waals surface area contributed by atoms with Crippen LogP contribution in [0.1, 0.15) is 21.7 Å². The van der Waals surface area contributed by atoms with Crippen molar-refractivity contribution in [3.63, 3.8) is 0 Å². The lowest BCUT2D eigenvalue weighted by atomic mass is 10.2. The molecule has 0 saturated heterocycles. The SMILES string of the molecule is Cc1ccc(Nc2c(C(=O)NOCCO)oc3c(C)cncc23)c(F)c1. The molecule has 0 saturated carbocycles. The molecule has 1 amide bonds. The predicted octanol–water partition coefficient (Wildman–Crippen LogP) is 2.98. The van der Waals surface area contributed by atoms with Crippen molar-refractivity contribution in [1.29, 1.82) is 0 Å². The quantitative estimate of drug-likeness (QED) is 0.462. The Balaban J connectivity index is 2.04. The molecular formula is C18H18FN3O4. The second kappa shape index (κ2) is 7.51. The number of benzene rings is 1. The lowest BCUT2D eigenvalue weighted by Crippen LogP contribution is -2.25. The van der Waals surface area contributed by atoms with E-state index in [1.165, 1.54) is 12.3 Å². The second-order valence-electron chi connectivity index (χ2n) is 5.75. The Morgan fingerprint density at radius 3 is 2.88 bits per heavy atom. The van der Waals surface area contributed by atoms with Crippen LogP contribution in [0.15, 0.2) is 35.0 Å². The van der Waals surface area contributed by atoms with Crippen LogP contribution in [0.3, 0.4) is 0 Å². The topological polar surface area (TPSA) is 96.6 Å². The van der Waals surface area contributed by atoms with Crippen LogP contribution in [0.4, 0.5) is 15.8 Å². The summed E-state index contributed by atoms with van der Waals surface area (Å²) in [6.07, 6.45) is 3.14. The van der Waals surface area contributed by atoms with E-state index in [0.29, 0.717) is 11.0 Å². The number of amides is 1. The number of aliphatic hydroxyl groups is 1. The monoisotopic (exact) mass is 359 g/mol. The highest BCUT2D eigenvalue weighted by atomic mass is 19.1. The number of anilines is 2. The van der Waals surface area contributed by atoms with E-state index < -0.39 is 11.7 Å². The van der Waals surface area contributed by atoms with E-state index in [1.807, 2.05) is 0 Å². The number of fused-ring (bicyclic) bond motifs is 1. The second-order valence-corrected chi connectivity index (χ2v) is 5.75. The van der Waals surface area contributed by atoms with E-state index in [1.54, 1.807) is 32.2 Å². The Kier molecular flexibility index (Phi) is 5.15. The summed E-state index contributed by atoms with van der Waals surface area (Å²) in [5.74, 6) is -1.19.